The molecule has 0 heterocycles. The Bertz CT molecular complexity index is 663. The maximum Gasteiger partial charge on any atom is 0.429 e. The third-order valence-corrected chi connectivity index (χ3v) is 3.10. The molecule has 4 nitrogen and oxygen atoms in total. The van der Waals surface area contributed by atoms with Crippen molar-refractivity contribution in [3.63, 3.8) is 0 Å². The van der Waals surface area contributed by atoms with Crippen LogP contribution in [0.5, 0.6) is 11.5 Å². The lowest BCUT2D eigenvalue weighted by atomic mass is 10.1. The molecule has 0 fully saturated rings. The van der Waals surface area contributed by atoms with E-state index in [9.17, 15) is 0 Å². The number of aryl methyl sites for hydroxylation is 1. The van der Waals surface area contributed by atoms with Crippen molar-refractivity contribution in [1.82, 2.24) is 0 Å². The standard InChI is InChI=1S/C13H10Cl2N3O/c1-7-6-10(15)12(18-17)11(16)13(7)19-9-4-2-8(14)3-5-9/h2-6H,16H2,1H3/q+1. The highest BCUT2D eigenvalue weighted by Crippen LogP contribution is 2.42. The monoisotopic (exact) mass is 294 g/mol. The van der Waals surface area contributed by atoms with Crippen molar-refractivity contribution < 1.29 is 4.74 Å². The Morgan fingerprint density at radius 1 is 1.21 bits per heavy atom. The highest BCUT2D eigenvalue weighted by molar-refractivity contribution is 6.34. The zero-order valence-electron chi connectivity index (χ0n) is 10.0. The molecule has 0 aliphatic rings. The average Bonchev–Trinajstić information content (AvgIpc) is 2.37. The first kappa shape index (κ1) is 13.5. The number of nitrogens with two attached hydrogens (primary N) is 1. The van der Waals surface area contributed by atoms with Gasteiger partial charge in [-0.05, 0) is 42.8 Å². The number of benzene rings is 2. The molecule has 6 heteroatoms. The lowest BCUT2D eigenvalue weighted by molar-refractivity contribution is 0.481. The second kappa shape index (κ2) is 5.35. The summed E-state index contributed by atoms with van der Waals surface area (Å²) in [5.74, 6) is 0.977. The molecule has 2 aromatic carbocycles. The van der Waals surface area contributed by atoms with E-state index in [0.29, 0.717) is 16.5 Å². The number of halogens is 2. The van der Waals surface area contributed by atoms with Gasteiger partial charge in [0.2, 0.25) is 5.39 Å². The number of nitrogens with zero attached hydrogens (tertiary/aromatic N) is 2. The first-order valence-corrected chi connectivity index (χ1v) is 6.15. The maximum absolute atomic E-state index is 8.90. The van der Waals surface area contributed by atoms with Crippen molar-refractivity contribution in [2.75, 3.05) is 5.73 Å². The van der Waals surface area contributed by atoms with Crippen LogP contribution in [0.3, 0.4) is 0 Å². The van der Waals surface area contributed by atoms with Gasteiger partial charge in [-0.25, -0.2) is 0 Å². The van der Waals surface area contributed by atoms with E-state index in [2.05, 4.69) is 4.98 Å². The normalized spacial score (nSPS) is 10.0. The second-order valence-corrected chi connectivity index (χ2v) is 4.77. The van der Waals surface area contributed by atoms with Crippen molar-refractivity contribution in [3.8, 4) is 11.5 Å². The minimum Gasteiger partial charge on any atom is -0.455 e. The summed E-state index contributed by atoms with van der Waals surface area (Å²) in [5.41, 5.74) is 6.90. The molecule has 2 rings (SSSR count). The Hall–Kier alpha value is -1.96. The molecule has 0 atom stereocenters. The van der Waals surface area contributed by atoms with Crippen LogP contribution in [0, 0.1) is 12.3 Å². The van der Waals surface area contributed by atoms with Gasteiger partial charge < -0.3 is 10.5 Å². The molecular weight excluding hydrogens is 285 g/mol. The molecular formula is C13H10Cl2N3O+. The van der Waals surface area contributed by atoms with Gasteiger partial charge in [0.25, 0.3) is 0 Å². The number of ether oxygens (including phenoxy) is 1. The Kier molecular flexibility index (Phi) is 3.79. The highest BCUT2D eigenvalue weighted by Gasteiger charge is 2.24. The molecule has 0 unspecified atom stereocenters. The van der Waals surface area contributed by atoms with Gasteiger partial charge >= 0.3 is 5.69 Å². The van der Waals surface area contributed by atoms with Gasteiger partial charge in [-0.2, -0.15) is 0 Å². The Morgan fingerprint density at radius 2 is 1.84 bits per heavy atom. The molecule has 96 valence electrons. The lowest BCUT2D eigenvalue weighted by Gasteiger charge is -2.10. The molecule has 0 aliphatic carbocycles. The van der Waals surface area contributed by atoms with Crippen molar-refractivity contribution >= 4 is 34.6 Å². The van der Waals surface area contributed by atoms with E-state index in [4.69, 9.17) is 39.1 Å². The molecule has 0 saturated heterocycles. The van der Waals surface area contributed by atoms with Crippen molar-refractivity contribution in [3.05, 3.63) is 50.9 Å². The molecule has 0 radical (unpaired) electrons. The number of hydrogen-bond donors (Lipinski definition) is 1. The van der Waals surface area contributed by atoms with E-state index >= 15 is 0 Å². The molecule has 0 aliphatic heterocycles. The average molecular weight is 295 g/mol. The summed E-state index contributed by atoms with van der Waals surface area (Å²) in [7, 11) is 0. The Labute approximate surface area is 120 Å². The van der Waals surface area contributed by atoms with Crippen LogP contribution in [0.4, 0.5) is 11.4 Å². The highest BCUT2D eigenvalue weighted by atomic mass is 35.5. The van der Waals surface area contributed by atoms with Gasteiger partial charge in [0, 0.05) is 5.02 Å². The fourth-order valence-corrected chi connectivity index (χ4v) is 2.06. The second-order valence-electron chi connectivity index (χ2n) is 3.92. The fourth-order valence-electron chi connectivity index (χ4n) is 1.63. The Balaban J connectivity index is 2.46. The third-order valence-electron chi connectivity index (χ3n) is 2.56. The van der Waals surface area contributed by atoms with E-state index in [0.717, 1.165) is 5.56 Å². The van der Waals surface area contributed by atoms with Crippen LogP contribution in [0.1, 0.15) is 5.56 Å². The molecule has 2 aromatic rings. The fraction of sp³-hybridized carbons (Fsp3) is 0.0769. The summed E-state index contributed by atoms with van der Waals surface area (Å²) in [6, 6.07) is 8.46. The molecule has 19 heavy (non-hydrogen) atoms. The summed E-state index contributed by atoms with van der Waals surface area (Å²) in [6.45, 7) is 1.80. The summed E-state index contributed by atoms with van der Waals surface area (Å²) in [5, 5.41) is 9.78. The molecule has 2 N–H and O–H groups in total. The molecule has 0 spiro atoms. The van der Waals surface area contributed by atoms with Crippen LogP contribution < -0.4 is 10.5 Å². The topological polar surface area (TPSA) is 63.4 Å². The number of hydrogen-bond acceptors (Lipinski definition) is 3. The molecule has 0 aromatic heterocycles. The van der Waals surface area contributed by atoms with Gasteiger partial charge in [-0.1, -0.05) is 23.2 Å². The number of nitrogen functional groups attached to an aromatic ring is 1. The van der Waals surface area contributed by atoms with Crippen LogP contribution >= 0.6 is 23.2 Å². The lowest BCUT2D eigenvalue weighted by Crippen LogP contribution is -1.95. The van der Waals surface area contributed by atoms with E-state index in [1.807, 2.05) is 0 Å². The smallest absolute Gasteiger partial charge is 0.429 e. The largest absolute Gasteiger partial charge is 0.455 e. The van der Waals surface area contributed by atoms with E-state index in [1.165, 1.54) is 0 Å². The van der Waals surface area contributed by atoms with Crippen LogP contribution in [0.2, 0.25) is 10.0 Å². The molecule has 0 saturated carbocycles. The predicted molar refractivity (Wildman–Crippen MR) is 76.9 cm³/mol. The van der Waals surface area contributed by atoms with Crippen LogP contribution in [0.15, 0.2) is 30.3 Å². The first-order valence-electron chi connectivity index (χ1n) is 5.40. The van der Waals surface area contributed by atoms with Gasteiger partial charge in [0.05, 0.1) is 0 Å². The minimum atomic E-state index is 0.0937. The summed E-state index contributed by atoms with van der Waals surface area (Å²) < 4.78 is 5.68. The minimum absolute atomic E-state index is 0.0937. The van der Waals surface area contributed by atoms with Gasteiger partial charge in [-0.15, -0.1) is 0 Å². The van der Waals surface area contributed by atoms with Crippen molar-refractivity contribution in [1.29, 1.82) is 5.39 Å². The van der Waals surface area contributed by atoms with Crippen LogP contribution in [-0.4, -0.2) is 0 Å². The maximum atomic E-state index is 8.90. The number of rotatable bonds is 2. The zero-order chi connectivity index (χ0) is 14.0. The van der Waals surface area contributed by atoms with Crippen molar-refractivity contribution in [2.45, 2.75) is 6.92 Å². The van der Waals surface area contributed by atoms with Gasteiger partial charge in [0.15, 0.2) is 16.4 Å². The van der Waals surface area contributed by atoms with E-state index in [1.54, 1.807) is 37.3 Å². The number of anilines is 1. The quantitative estimate of drug-likeness (QED) is 0.614. The third kappa shape index (κ3) is 2.73. The summed E-state index contributed by atoms with van der Waals surface area (Å²) in [6.07, 6.45) is 0. The van der Waals surface area contributed by atoms with Crippen LogP contribution in [0.25, 0.3) is 4.98 Å². The number of diazo groups is 1. The molecule has 0 amide bonds. The zero-order valence-corrected chi connectivity index (χ0v) is 11.5. The Morgan fingerprint density at radius 3 is 2.42 bits per heavy atom. The summed E-state index contributed by atoms with van der Waals surface area (Å²) in [4.78, 5) is 3.07. The van der Waals surface area contributed by atoms with Gasteiger partial charge in [-0.3, -0.25) is 0 Å². The van der Waals surface area contributed by atoms with E-state index in [-0.39, 0.29) is 16.4 Å². The van der Waals surface area contributed by atoms with Crippen LogP contribution in [-0.2, 0) is 0 Å². The van der Waals surface area contributed by atoms with Gasteiger partial charge in [0.1, 0.15) is 10.8 Å². The van der Waals surface area contributed by atoms with E-state index < -0.39 is 0 Å². The summed E-state index contributed by atoms with van der Waals surface area (Å²) >= 11 is 11.7. The molecule has 0 bridgehead atoms. The van der Waals surface area contributed by atoms with Crippen molar-refractivity contribution in [2.24, 2.45) is 0 Å². The predicted octanol–water partition coefficient (Wildman–Crippen LogP) is 5.16. The SMILES string of the molecule is Cc1cc(Cl)c([N+]#N)c(N)c1Oc1ccc(Cl)cc1. The first-order chi connectivity index (χ1) is 9.02.